The van der Waals surface area contributed by atoms with E-state index in [-0.39, 0.29) is 11.9 Å². The number of anilines is 1. The smallest absolute Gasteiger partial charge is 0.245 e. The van der Waals surface area contributed by atoms with Crippen molar-refractivity contribution in [1.82, 2.24) is 19.7 Å². The van der Waals surface area contributed by atoms with Crippen molar-refractivity contribution in [3.8, 4) is 0 Å². The first-order valence-electron chi connectivity index (χ1n) is 8.96. The molecule has 3 heterocycles. The van der Waals surface area contributed by atoms with Crippen LogP contribution in [0, 0.1) is 20.8 Å². The second-order valence-corrected chi connectivity index (χ2v) is 6.86. The van der Waals surface area contributed by atoms with E-state index in [0.717, 1.165) is 55.5 Å². The van der Waals surface area contributed by atoms with Gasteiger partial charge < -0.3 is 14.4 Å². The molecule has 0 N–H and O–H groups in total. The van der Waals surface area contributed by atoms with Gasteiger partial charge in [0.25, 0.3) is 0 Å². The molecule has 1 atom stereocenters. The SMILES string of the molecule is Cc1ccc(N2CCCN(C(=O)C(C)n3c(C)ccc3C)CC2)nn1. The summed E-state index contributed by atoms with van der Waals surface area (Å²) < 4.78 is 2.12. The van der Waals surface area contributed by atoms with Gasteiger partial charge in [-0.2, -0.15) is 5.10 Å². The molecule has 0 bridgehead atoms. The number of carbonyl (C=O) groups is 1. The summed E-state index contributed by atoms with van der Waals surface area (Å²) in [7, 11) is 0. The number of aromatic nitrogens is 3. The zero-order valence-electron chi connectivity index (χ0n) is 15.6. The highest BCUT2D eigenvalue weighted by Crippen LogP contribution is 2.20. The third kappa shape index (κ3) is 3.67. The minimum absolute atomic E-state index is 0.166. The maximum Gasteiger partial charge on any atom is 0.245 e. The second-order valence-electron chi connectivity index (χ2n) is 6.86. The second kappa shape index (κ2) is 7.25. The Morgan fingerprint density at radius 1 is 0.960 bits per heavy atom. The van der Waals surface area contributed by atoms with Crippen LogP contribution >= 0.6 is 0 Å². The number of rotatable bonds is 3. The minimum atomic E-state index is -0.166. The Hall–Kier alpha value is -2.37. The number of aryl methyl sites for hydroxylation is 3. The van der Waals surface area contributed by atoms with E-state index in [1.807, 2.05) is 30.9 Å². The Bertz CT molecular complexity index is 717. The van der Waals surface area contributed by atoms with Crippen LogP contribution in [0.4, 0.5) is 5.82 Å². The van der Waals surface area contributed by atoms with Gasteiger partial charge in [0, 0.05) is 37.6 Å². The van der Waals surface area contributed by atoms with Crippen molar-refractivity contribution in [2.75, 3.05) is 31.1 Å². The van der Waals surface area contributed by atoms with Crippen LogP contribution < -0.4 is 4.90 Å². The molecule has 2 aromatic heterocycles. The normalized spacial score (nSPS) is 16.6. The molecule has 3 rings (SSSR count). The number of nitrogens with zero attached hydrogens (tertiary/aromatic N) is 5. The summed E-state index contributed by atoms with van der Waals surface area (Å²) in [5.74, 6) is 1.09. The summed E-state index contributed by atoms with van der Waals surface area (Å²) in [6, 6.07) is 7.96. The average Bonchev–Trinajstić information content (AvgIpc) is 2.80. The molecule has 0 radical (unpaired) electrons. The highest BCUT2D eigenvalue weighted by atomic mass is 16.2. The van der Waals surface area contributed by atoms with E-state index in [1.54, 1.807) is 0 Å². The van der Waals surface area contributed by atoms with Crippen molar-refractivity contribution < 1.29 is 4.79 Å². The van der Waals surface area contributed by atoms with E-state index in [2.05, 4.69) is 45.6 Å². The van der Waals surface area contributed by atoms with Gasteiger partial charge in [-0.05, 0) is 58.4 Å². The molecule has 0 aliphatic carbocycles. The third-order valence-corrected chi connectivity index (χ3v) is 4.99. The third-order valence-electron chi connectivity index (χ3n) is 4.99. The number of amides is 1. The van der Waals surface area contributed by atoms with E-state index in [9.17, 15) is 4.79 Å². The summed E-state index contributed by atoms with van der Waals surface area (Å²) in [6.07, 6.45) is 0.942. The molecule has 0 saturated carbocycles. The van der Waals surface area contributed by atoms with Gasteiger partial charge in [0.15, 0.2) is 5.82 Å². The minimum Gasteiger partial charge on any atom is -0.353 e. The predicted molar refractivity (Wildman–Crippen MR) is 98.8 cm³/mol. The Labute approximate surface area is 149 Å². The van der Waals surface area contributed by atoms with Gasteiger partial charge in [-0.1, -0.05) is 0 Å². The lowest BCUT2D eigenvalue weighted by Crippen LogP contribution is -2.39. The molecule has 6 nitrogen and oxygen atoms in total. The van der Waals surface area contributed by atoms with Crippen molar-refractivity contribution in [2.45, 2.75) is 40.2 Å². The van der Waals surface area contributed by atoms with E-state index in [1.165, 1.54) is 0 Å². The molecule has 0 aromatic carbocycles. The van der Waals surface area contributed by atoms with Crippen LogP contribution in [0.25, 0.3) is 0 Å². The van der Waals surface area contributed by atoms with E-state index >= 15 is 0 Å². The lowest BCUT2D eigenvalue weighted by atomic mass is 10.2. The van der Waals surface area contributed by atoms with Crippen molar-refractivity contribution in [2.24, 2.45) is 0 Å². The molecule has 1 aliphatic heterocycles. The van der Waals surface area contributed by atoms with Crippen molar-refractivity contribution in [1.29, 1.82) is 0 Å². The molecular weight excluding hydrogens is 314 g/mol. The van der Waals surface area contributed by atoms with Gasteiger partial charge in [0.2, 0.25) is 5.91 Å². The quantitative estimate of drug-likeness (QED) is 0.861. The Morgan fingerprint density at radius 2 is 1.68 bits per heavy atom. The molecular formula is C19H27N5O. The molecule has 1 amide bonds. The first-order valence-corrected chi connectivity index (χ1v) is 8.96. The molecule has 1 fully saturated rings. The van der Waals surface area contributed by atoms with Gasteiger partial charge in [-0.25, -0.2) is 0 Å². The lowest BCUT2D eigenvalue weighted by Gasteiger charge is -2.27. The first-order chi connectivity index (χ1) is 12.0. The Balaban J connectivity index is 1.68. The maximum absolute atomic E-state index is 13.0. The number of hydrogen-bond acceptors (Lipinski definition) is 4. The van der Waals surface area contributed by atoms with Crippen LogP contribution in [0.3, 0.4) is 0 Å². The van der Waals surface area contributed by atoms with Crippen molar-refractivity contribution in [3.05, 3.63) is 41.3 Å². The fourth-order valence-electron chi connectivity index (χ4n) is 3.59. The van der Waals surface area contributed by atoms with Gasteiger partial charge in [0.1, 0.15) is 6.04 Å². The number of carbonyl (C=O) groups excluding carboxylic acids is 1. The van der Waals surface area contributed by atoms with Gasteiger partial charge in [-0.15, -0.1) is 5.10 Å². The first kappa shape index (κ1) is 17.5. The largest absolute Gasteiger partial charge is 0.353 e. The molecule has 6 heteroatoms. The molecule has 134 valence electrons. The molecule has 1 unspecified atom stereocenters. The average molecular weight is 341 g/mol. The van der Waals surface area contributed by atoms with Crippen molar-refractivity contribution in [3.63, 3.8) is 0 Å². The number of hydrogen-bond donors (Lipinski definition) is 0. The van der Waals surface area contributed by atoms with Crippen LogP contribution in [0.2, 0.25) is 0 Å². The van der Waals surface area contributed by atoms with Crippen LogP contribution in [0.15, 0.2) is 24.3 Å². The summed E-state index contributed by atoms with van der Waals surface area (Å²) in [4.78, 5) is 17.2. The summed E-state index contributed by atoms with van der Waals surface area (Å²) in [6.45, 7) is 11.2. The summed E-state index contributed by atoms with van der Waals surface area (Å²) in [5.41, 5.74) is 3.18. The lowest BCUT2D eigenvalue weighted by molar-refractivity contribution is -0.134. The molecule has 25 heavy (non-hydrogen) atoms. The molecule has 2 aromatic rings. The van der Waals surface area contributed by atoms with Crippen LogP contribution in [0.5, 0.6) is 0 Å². The maximum atomic E-state index is 13.0. The van der Waals surface area contributed by atoms with Crippen LogP contribution in [0.1, 0.15) is 36.5 Å². The topological polar surface area (TPSA) is 54.3 Å². The van der Waals surface area contributed by atoms with E-state index in [4.69, 9.17) is 0 Å². The van der Waals surface area contributed by atoms with Gasteiger partial charge in [0.05, 0.1) is 5.69 Å². The molecule has 1 aliphatic rings. The fraction of sp³-hybridized carbons (Fsp3) is 0.526. The predicted octanol–water partition coefficient (Wildman–Crippen LogP) is 2.50. The highest BCUT2D eigenvalue weighted by molar-refractivity contribution is 5.80. The van der Waals surface area contributed by atoms with Crippen LogP contribution in [-0.4, -0.2) is 51.8 Å². The Morgan fingerprint density at radius 3 is 2.32 bits per heavy atom. The summed E-state index contributed by atoms with van der Waals surface area (Å²) in [5, 5.41) is 8.43. The monoisotopic (exact) mass is 341 g/mol. The Kier molecular flexibility index (Phi) is 5.06. The fourth-order valence-corrected chi connectivity index (χ4v) is 3.59. The standard InChI is InChI=1S/C19H27N5O/c1-14-6-9-18(21-20-14)22-10-5-11-23(13-12-22)19(25)17(4)24-15(2)7-8-16(24)3/h6-9,17H,5,10-13H2,1-4H3. The molecule has 1 saturated heterocycles. The van der Waals surface area contributed by atoms with Crippen molar-refractivity contribution >= 4 is 11.7 Å². The zero-order valence-corrected chi connectivity index (χ0v) is 15.6. The van der Waals surface area contributed by atoms with E-state index < -0.39 is 0 Å². The van der Waals surface area contributed by atoms with Gasteiger partial charge >= 0.3 is 0 Å². The summed E-state index contributed by atoms with van der Waals surface area (Å²) >= 11 is 0. The van der Waals surface area contributed by atoms with Gasteiger partial charge in [-0.3, -0.25) is 4.79 Å². The highest BCUT2D eigenvalue weighted by Gasteiger charge is 2.26. The molecule has 0 spiro atoms. The van der Waals surface area contributed by atoms with E-state index in [0.29, 0.717) is 0 Å². The zero-order chi connectivity index (χ0) is 18.0. The van der Waals surface area contributed by atoms with Crippen LogP contribution in [-0.2, 0) is 4.79 Å².